The van der Waals surface area contributed by atoms with Crippen LogP contribution in [0, 0.1) is 23.7 Å². The van der Waals surface area contributed by atoms with Crippen LogP contribution in [-0.4, -0.2) is 23.1 Å². The Bertz CT molecular complexity index is 527. The molecule has 1 unspecified atom stereocenters. The summed E-state index contributed by atoms with van der Waals surface area (Å²) < 4.78 is 11.4. The van der Waals surface area contributed by atoms with Crippen molar-refractivity contribution in [3.8, 4) is 0 Å². The van der Waals surface area contributed by atoms with Crippen molar-refractivity contribution in [1.29, 1.82) is 0 Å². The number of hydrogen-bond donors (Lipinski definition) is 0. The molecule has 0 spiro atoms. The molecule has 0 aliphatic heterocycles. The molecule has 0 amide bonds. The topological polar surface area (TPSA) is 52.6 Å². The molecule has 25 heavy (non-hydrogen) atoms. The van der Waals surface area contributed by atoms with E-state index in [9.17, 15) is 9.59 Å². The third kappa shape index (κ3) is 3.93. The normalized spacial score (nSPS) is 35.8. The molecule has 4 rings (SSSR count). The number of esters is 2. The summed E-state index contributed by atoms with van der Waals surface area (Å²) in [6, 6.07) is 0. The highest BCUT2D eigenvalue weighted by atomic mass is 16.6. The van der Waals surface area contributed by atoms with Crippen LogP contribution in [0.25, 0.3) is 0 Å². The quantitative estimate of drug-likeness (QED) is 0.526. The van der Waals surface area contributed by atoms with Crippen molar-refractivity contribution in [2.75, 3.05) is 0 Å². The molecular weight excluding hydrogens is 316 g/mol. The van der Waals surface area contributed by atoms with Crippen LogP contribution in [0.2, 0.25) is 0 Å². The van der Waals surface area contributed by atoms with Crippen molar-refractivity contribution in [2.45, 2.75) is 83.8 Å². The predicted molar refractivity (Wildman–Crippen MR) is 95.8 cm³/mol. The second-order valence-corrected chi connectivity index (χ2v) is 9.10. The minimum absolute atomic E-state index is 0.217. The van der Waals surface area contributed by atoms with Gasteiger partial charge in [-0.15, -0.1) is 0 Å². The van der Waals surface area contributed by atoms with E-state index < -0.39 is 17.5 Å². The molecule has 0 aromatic carbocycles. The van der Waals surface area contributed by atoms with Crippen LogP contribution in [-0.2, 0) is 19.1 Å². The fraction of sp³-hybridized carbons (Fsp3) is 0.810. The third-order valence-electron chi connectivity index (χ3n) is 6.91. The minimum Gasteiger partial charge on any atom is -0.456 e. The van der Waals surface area contributed by atoms with Crippen molar-refractivity contribution >= 4 is 11.9 Å². The molecule has 4 fully saturated rings. The fourth-order valence-corrected chi connectivity index (χ4v) is 5.40. The molecule has 4 heteroatoms. The molecule has 4 nitrogen and oxygen atoms in total. The zero-order valence-electron chi connectivity index (χ0n) is 16.0. The highest BCUT2D eigenvalue weighted by Gasteiger charge is 2.53. The lowest BCUT2D eigenvalue weighted by molar-refractivity contribution is -0.181. The highest BCUT2D eigenvalue weighted by molar-refractivity contribution is 5.92. The molecule has 0 saturated heterocycles. The lowest BCUT2D eigenvalue weighted by Gasteiger charge is -2.55. The molecule has 4 aliphatic carbocycles. The first kappa shape index (κ1) is 18.5. The average Bonchev–Trinajstić information content (AvgIpc) is 2.50. The van der Waals surface area contributed by atoms with Gasteiger partial charge in [-0.2, -0.15) is 0 Å². The number of ether oxygens (including phenoxy) is 2. The Morgan fingerprint density at radius 1 is 1.04 bits per heavy atom. The maximum Gasteiger partial charge on any atom is 0.331 e. The molecule has 4 bridgehead atoms. The second-order valence-electron chi connectivity index (χ2n) is 9.10. The first-order valence-corrected chi connectivity index (χ1v) is 9.87. The van der Waals surface area contributed by atoms with E-state index in [1.165, 1.54) is 31.4 Å². The fourth-order valence-electron chi connectivity index (χ4n) is 5.40. The molecule has 4 aliphatic rings. The van der Waals surface area contributed by atoms with Crippen molar-refractivity contribution in [1.82, 2.24) is 0 Å². The maximum atomic E-state index is 12.3. The molecule has 1 atom stereocenters. The van der Waals surface area contributed by atoms with Crippen LogP contribution in [0.15, 0.2) is 12.2 Å². The van der Waals surface area contributed by atoms with Gasteiger partial charge in [-0.25, -0.2) is 9.59 Å². The lowest BCUT2D eigenvalue weighted by Crippen LogP contribution is -2.52. The predicted octanol–water partition coefficient (Wildman–Crippen LogP) is 4.42. The van der Waals surface area contributed by atoms with E-state index in [-0.39, 0.29) is 11.5 Å². The van der Waals surface area contributed by atoms with Crippen LogP contribution in [0.3, 0.4) is 0 Å². The summed E-state index contributed by atoms with van der Waals surface area (Å²) in [6.45, 7) is 7.99. The molecule has 0 radical (unpaired) electrons. The summed E-state index contributed by atoms with van der Waals surface area (Å²) >= 11 is 0. The lowest BCUT2D eigenvalue weighted by atomic mass is 9.54. The van der Waals surface area contributed by atoms with Gasteiger partial charge in [0.2, 0.25) is 0 Å². The Balaban J connectivity index is 1.56. The molecule has 0 aromatic rings. The molecule has 0 aromatic heterocycles. The third-order valence-corrected chi connectivity index (χ3v) is 6.91. The van der Waals surface area contributed by atoms with Crippen molar-refractivity contribution in [2.24, 2.45) is 23.7 Å². The minimum atomic E-state index is -0.509. The van der Waals surface area contributed by atoms with Gasteiger partial charge in [-0.3, -0.25) is 0 Å². The van der Waals surface area contributed by atoms with Crippen molar-refractivity contribution in [3.63, 3.8) is 0 Å². The van der Waals surface area contributed by atoms with Gasteiger partial charge in [-0.05, 0) is 75.5 Å². The Kier molecular flexibility index (Phi) is 5.00. The summed E-state index contributed by atoms with van der Waals surface area (Å²) in [6.07, 6.45) is 10.1. The number of carbonyl (C=O) groups is 2. The Labute approximate surface area is 151 Å². The van der Waals surface area contributed by atoms with Crippen LogP contribution in [0.1, 0.15) is 72.6 Å². The molecule has 4 saturated carbocycles. The Morgan fingerprint density at radius 3 is 1.96 bits per heavy atom. The van der Waals surface area contributed by atoms with Crippen molar-refractivity contribution < 1.29 is 19.1 Å². The van der Waals surface area contributed by atoms with Crippen LogP contribution < -0.4 is 0 Å². The van der Waals surface area contributed by atoms with Crippen LogP contribution >= 0.6 is 0 Å². The maximum absolute atomic E-state index is 12.3. The summed E-state index contributed by atoms with van der Waals surface area (Å²) in [4.78, 5) is 24.4. The number of rotatable bonds is 6. The van der Waals surface area contributed by atoms with E-state index in [1.54, 1.807) is 0 Å². The standard InChI is InChI=1S/C21H32O4/c1-5-20(4,14(2)3)24-18(22)6-7-19(23)25-21-11-15-8-16(12-21)10-17(9-15)13-21/h6-7,14-17H,5,8-13H2,1-4H3. The first-order valence-electron chi connectivity index (χ1n) is 9.87. The summed E-state index contributed by atoms with van der Waals surface area (Å²) in [5.74, 6) is 1.52. The zero-order chi connectivity index (χ0) is 18.2. The van der Waals surface area contributed by atoms with E-state index in [4.69, 9.17) is 9.47 Å². The molecular formula is C21H32O4. The average molecular weight is 348 g/mol. The van der Waals surface area contributed by atoms with E-state index >= 15 is 0 Å². The smallest absolute Gasteiger partial charge is 0.331 e. The Morgan fingerprint density at radius 2 is 1.52 bits per heavy atom. The van der Waals surface area contributed by atoms with E-state index in [0.717, 1.165) is 43.4 Å². The van der Waals surface area contributed by atoms with Gasteiger partial charge in [0.25, 0.3) is 0 Å². The van der Waals surface area contributed by atoms with E-state index in [0.29, 0.717) is 0 Å². The molecule has 140 valence electrons. The summed E-state index contributed by atoms with van der Waals surface area (Å²) in [7, 11) is 0. The van der Waals surface area contributed by atoms with Gasteiger partial charge in [0, 0.05) is 12.2 Å². The van der Waals surface area contributed by atoms with Gasteiger partial charge < -0.3 is 9.47 Å². The highest BCUT2D eigenvalue weighted by Crippen LogP contribution is 2.57. The van der Waals surface area contributed by atoms with Crippen molar-refractivity contribution in [3.05, 3.63) is 12.2 Å². The van der Waals surface area contributed by atoms with Gasteiger partial charge >= 0.3 is 11.9 Å². The second kappa shape index (κ2) is 6.77. The SMILES string of the molecule is CCC(C)(OC(=O)C=CC(=O)OC12CC3CC(CC(C3)C1)C2)C(C)C. The summed E-state index contributed by atoms with van der Waals surface area (Å²) in [5, 5.41) is 0. The van der Waals surface area contributed by atoms with E-state index in [2.05, 4.69) is 0 Å². The van der Waals surface area contributed by atoms with Gasteiger partial charge in [0.1, 0.15) is 11.2 Å². The monoisotopic (exact) mass is 348 g/mol. The largest absolute Gasteiger partial charge is 0.456 e. The van der Waals surface area contributed by atoms with Crippen LogP contribution in [0.5, 0.6) is 0 Å². The van der Waals surface area contributed by atoms with Gasteiger partial charge in [0.15, 0.2) is 0 Å². The van der Waals surface area contributed by atoms with Crippen LogP contribution in [0.4, 0.5) is 0 Å². The van der Waals surface area contributed by atoms with Gasteiger partial charge in [-0.1, -0.05) is 20.8 Å². The summed E-state index contributed by atoms with van der Waals surface area (Å²) in [5.41, 5.74) is -0.777. The zero-order valence-corrected chi connectivity index (χ0v) is 16.0. The molecule has 0 N–H and O–H groups in total. The Hall–Kier alpha value is -1.32. The van der Waals surface area contributed by atoms with E-state index in [1.807, 2.05) is 27.7 Å². The number of carbonyl (C=O) groups excluding carboxylic acids is 2. The number of hydrogen-bond acceptors (Lipinski definition) is 4. The van der Waals surface area contributed by atoms with Gasteiger partial charge in [0.05, 0.1) is 0 Å². The first-order chi connectivity index (χ1) is 11.7. The molecule has 0 heterocycles.